The van der Waals surface area contributed by atoms with Crippen molar-refractivity contribution in [2.24, 2.45) is 22.2 Å². The number of benzene rings is 1. The Kier molecular flexibility index (Phi) is 4.73. The van der Waals surface area contributed by atoms with Crippen molar-refractivity contribution in [3.63, 3.8) is 0 Å². The van der Waals surface area contributed by atoms with Crippen LogP contribution >= 0.6 is 0 Å². The minimum absolute atomic E-state index is 0.0584. The molecule has 1 fully saturated rings. The molecule has 1 aliphatic carbocycles. The molecular weight excluding hydrogens is 266 g/mol. The number of nitrogens with two attached hydrogens (primary N) is 1. The predicted octanol–water partition coefficient (Wildman–Crippen LogP) is 2.32. The van der Waals surface area contributed by atoms with Gasteiger partial charge in [-0.3, -0.25) is 0 Å². The molecule has 0 bridgehead atoms. The number of amidine groups is 1. The van der Waals surface area contributed by atoms with Crippen molar-refractivity contribution in [2.45, 2.75) is 33.2 Å². The maximum Gasteiger partial charge on any atom is 0.173 e. The summed E-state index contributed by atoms with van der Waals surface area (Å²) in [5, 5.41) is 15.3. The van der Waals surface area contributed by atoms with Crippen molar-refractivity contribution in [2.75, 3.05) is 13.7 Å². The van der Waals surface area contributed by atoms with Crippen LogP contribution in [0.5, 0.6) is 5.75 Å². The Hall–Kier alpha value is -1.75. The van der Waals surface area contributed by atoms with Gasteiger partial charge in [-0.05, 0) is 41.9 Å². The predicted molar refractivity (Wildman–Crippen MR) is 83.7 cm³/mol. The smallest absolute Gasteiger partial charge is 0.173 e. The average molecular weight is 291 g/mol. The van der Waals surface area contributed by atoms with E-state index in [0.717, 1.165) is 24.6 Å². The molecule has 4 N–H and O–H groups in total. The maximum atomic E-state index is 8.76. The number of oxime groups is 1. The first kappa shape index (κ1) is 15.6. The SMILES string of the molecule is COc1cc(CNCC2(C(C)C)CC2)ccc1/C(N)=N/O. The van der Waals surface area contributed by atoms with Crippen LogP contribution in [-0.2, 0) is 6.54 Å². The molecule has 0 aromatic heterocycles. The minimum Gasteiger partial charge on any atom is -0.496 e. The Morgan fingerprint density at radius 2 is 2.19 bits per heavy atom. The van der Waals surface area contributed by atoms with E-state index in [9.17, 15) is 0 Å². The fourth-order valence-electron chi connectivity index (χ4n) is 2.69. The van der Waals surface area contributed by atoms with E-state index in [2.05, 4.69) is 24.3 Å². The second-order valence-electron chi connectivity index (χ2n) is 6.14. The highest BCUT2D eigenvalue weighted by atomic mass is 16.5. The molecule has 5 nitrogen and oxygen atoms in total. The first-order valence-corrected chi connectivity index (χ1v) is 7.38. The number of ether oxygens (including phenoxy) is 1. The number of methoxy groups -OCH3 is 1. The van der Waals surface area contributed by atoms with Gasteiger partial charge < -0.3 is 21.0 Å². The highest BCUT2D eigenvalue weighted by molar-refractivity contribution is 5.99. The van der Waals surface area contributed by atoms with Gasteiger partial charge in [0.15, 0.2) is 5.84 Å². The van der Waals surface area contributed by atoms with E-state index in [1.54, 1.807) is 7.11 Å². The number of nitrogens with one attached hydrogen (secondary N) is 1. The van der Waals surface area contributed by atoms with Gasteiger partial charge in [-0.1, -0.05) is 25.1 Å². The normalized spacial score (nSPS) is 17.0. The lowest BCUT2D eigenvalue weighted by Gasteiger charge is -2.20. The molecule has 116 valence electrons. The monoisotopic (exact) mass is 291 g/mol. The molecule has 0 radical (unpaired) electrons. The Labute approximate surface area is 126 Å². The van der Waals surface area contributed by atoms with Gasteiger partial charge in [0.25, 0.3) is 0 Å². The summed E-state index contributed by atoms with van der Waals surface area (Å²) in [6.07, 6.45) is 2.65. The average Bonchev–Trinajstić information content (AvgIpc) is 3.27. The van der Waals surface area contributed by atoms with E-state index in [4.69, 9.17) is 15.7 Å². The maximum absolute atomic E-state index is 8.76. The standard InChI is InChI=1S/C16H25N3O2/c1-11(2)16(6-7-16)10-18-9-12-4-5-13(15(17)19-20)14(8-12)21-3/h4-5,8,11,18,20H,6-7,9-10H2,1-3H3,(H2,17,19). The number of nitrogens with zero attached hydrogens (tertiary/aromatic N) is 1. The van der Waals surface area contributed by atoms with Gasteiger partial charge in [-0.25, -0.2) is 0 Å². The summed E-state index contributed by atoms with van der Waals surface area (Å²) in [5.74, 6) is 1.40. The van der Waals surface area contributed by atoms with Crippen molar-refractivity contribution in [1.82, 2.24) is 5.32 Å². The molecule has 0 unspecified atom stereocenters. The van der Waals surface area contributed by atoms with Crippen molar-refractivity contribution >= 4 is 5.84 Å². The van der Waals surface area contributed by atoms with Gasteiger partial charge in [0.1, 0.15) is 5.75 Å². The molecule has 0 heterocycles. The lowest BCUT2D eigenvalue weighted by atomic mass is 9.92. The van der Waals surface area contributed by atoms with Gasteiger partial charge >= 0.3 is 0 Å². The first-order chi connectivity index (χ1) is 10.0. The fourth-order valence-corrected chi connectivity index (χ4v) is 2.69. The fraction of sp³-hybridized carbons (Fsp3) is 0.562. The zero-order valence-corrected chi connectivity index (χ0v) is 13.0. The Morgan fingerprint density at radius 3 is 2.71 bits per heavy atom. The number of hydrogen-bond acceptors (Lipinski definition) is 4. The van der Waals surface area contributed by atoms with Crippen molar-refractivity contribution in [1.29, 1.82) is 0 Å². The zero-order valence-electron chi connectivity index (χ0n) is 13.0. The van der Waals surface area contributed by atoms with Gasteiger partial charge in [-0.15, -0.1) is 0 Å². The lowest BCUT2D eigenvalue weighted by molar-refractivity contribution is 0.318. The van der Waals surface area contributed by atoms with Crippen LogP contribution in [-0.4, -0.2) is 24.7 Å². The Bertz CT molecular complexity index is 522. The van der Waals surface area contributed by atoms with Crippen LogP contribution in [0.15, 0.2) is 23.4 Å². The third kappa shape index (κ3) is 3.47. The van der Waals surface area contributed by atoms with Crippen molar-refractivity contribution < 1.29 is 9.94 Å². The van der Waals surface area contributed by atoms with Crippen LogP contribution in [0.3, 0.4) is 0 Å². The number of hydrogen-bond donors (Lipinski definition) is 3. The molecule has 0 aliphatic heterocycles. The van der Waals surface area contributed by atoms with E-state index < -0.39 is 0 Å². The van der Waals surface area contributed by atoms with E-state index in [0.29, 0.717) is 16.7 Å². The largest absolute Gasteiger partial charge is 0.496 e. The van der Waals surface area contributed by atoms with Gasteiger partial charge in [0.2, 0.25) is 0 Å². The molecule has 21 heavy (non-hydrogen) atoms. The van der Waals surface area contributed by atoms with E-state index in [1.165, 1.54) is 12.8 Å². The lowest BCUT2D eigenvalue weighted by Crippen LogP contribution is -2.27. The third-order valence-corrected chi connectivity index (χ3v) is 4.57. The molecule has 1 aromatic carbocycles. The van der Waals surface area contributed by atoms with Crippen LogP contribution in [0.1, 0.15) is 37.8 Å². The highest BCUT2D eigenvalue weighted by Crippen LogP contribution is 2.51. The molecule has 5 heteroatoms. The van der Waals surface area contributed by atoms with E-state index >= 15 is 0 Å². The molecule has 2 rings (SSSR count). The Balaban J connectivity index is 1.98. The quantitative estimate of drug-likeness (QED) is 0.312. The molecule has 0 spiro atoms. The summed E-state index contributed by atoms with van der Waals surface area (Å²) >= 11 is 0. The molecule has 1 aliphatic rings. The van der Waals surface area contributed by atoms with E-state index in [1.807, 2.05) is 18.2 Å². The van der Waals surface area contributed by atoms with Crippen molar-refractivity contribution in [3.8, 4) is 5.75 Å². The van der Waals surface area contributed by atoms with Crippen LogP contribution in [0.2, 0.25) is 0 Å². The molecular formula is C16H25N3O2. The summed E-state index contributed by atoms with van der Waals surface area (Å²) < 4.78 is 5.31. The topological polar surface area (TPSA) is 79.9 Å². The summed E-state index contributed by atoms with van der Waals surface area (Å²) in [7, 11) is 1.58. The summed E-state index contributed by atoms with van der Waals surface area (Å²) in [4.78, 5) is 0. The second-order valence-corrected chi connectivity index (χ2v) is 6.14. The second kappa shape index (κ2) is 6.35. The van der Waals surface area contributed by atoms with Gasteiger partial charge in [0, 0.05) is 13.1 Å². The van der Waals surface area contributed by atoms with Gasteiger partial charge in [0.05, 0.1) is 12.7 Å². The molecule has 1 saturated carbocycles. The summed E-state index contributed by atoms with van der Waals surface area (Å²) in [6.45, 7) is 6.43. The zero-order chi connectivity index (χ0) is 15.5. The summed E-state index contributed by atoms with van der Waals surface area (Å²) in [5.41, 5.74) is 7.85. The molecule has 1 aromatic rings. The van der Waals surface area contributed by atoms with Crippen LogP contribution in [0, 0.1) is 11.3 Å². The number of rotatable bonds is 7. The molecule has 0 atom stereocenters. The van der Waals surface area contributed by atoms with Gasteiger partial charge in [-0.2, -0.15) is 0 Å². The highest BCUT2D eigenvalue weighted by Gasteiger charge is 2.44. The molecule has 0 saturated heterocycles. The molecule has 0 amide bonds. The third-order valence-electron chi connectivity index (χ3n) is 4.57. The van der Waals surface area contributed by atoms with Crippen LogP contribution in [0.25, 0.3) is 0 Å². The first-order valence-electron chi connectivity index (χ1n) is 7.38. The minimum atomic E-state index is 0.0584. The summed E-state index contributed by atoms with van der Waals surface area (Å²) in [6, 6.07) is 5.72. The van der Waals surface area contributed by atoms with Crippen LogP contribution < -0.4 is 15.8 Å². The van der Waals surface area contributed by atoms with Crippen LogP contribution in [0.4, 0.5) is 0 Å². The Morgan fingerprint density at radius 1 is 1.48 bits per heavy atom. The van der Waals surface area contributed by atoms with E-state index in [-0.39, 0.29) is 5.84 Å². The van der Waals surface area contributed by atoms with Crippen molar-refractivity contribution in [3.05, 3.63) is 29.3 Å².